The molecule has 1 rings (SSSR count). The highest BCUT2D eigenvalue weighted by molar-refractivity contribution is 6.65. The summed E-state index contributed by atoms with van der Waals surface area (Å²) in [5.41, 5.74) is 0. The highest BCUT2D eigenvalue weighted by Gasteiger charge is 2.29. The van der Waals surface area contributed by atoms with E-state index in [9.17, 15) is 0 Å². The minimum atomic E-state index is -1.91. The molecular formula is C10H22O4Si. The van der Waals surface area contributed by atoms with Crippen molar-refractivity contribution in [2.75, 3.05) is 27.4 Å². The SMILES string of the molecule is CO[Si](C)(CCC(C)OCC1CO1)OC. The smallest absolute Gasteiger partial charge is 0.334 e. The molecule has 2 unspecified atom stereocenters. The molecule has 1 aliphatic rings. The fourth-order valence-corrected chi connectivity index (χ4v) is 2.78. The van der Waals surface area contributed by atoms with Gasteiger partial charge in [0, 0.05) is 14.2 Å². The third kappa shape index (κ3) is 5.08. The molecule has 0 saturated carbocycles. The number of hydrogen-bond acceptors (Lipinski definition) is 4. The molecule has 2 atom stereocenters. The second kappa shape index (κ2) is 5.96. The van der Waals surface area contributed by atoms with Crippen LogP contribution in [-0.2, 0) is 18.3 Å². The van der Waals surface area contributed by atoms with Crippen molar-refractivity contribution in [1.82, 2.24) is 0 Å². The Balaban J connectivity index is 2.10. The van der Waals surface area contributed by atoms with E-state index in [2.05, 4.69) is 13.5 Å². The van der Waals surface area contributed by atoms with Crippen LogP contribution in [0.3, 0.4) is 0 Å². The standard InChI is InChI=1S/C10H22O4Si/c1-9(13-7-10-8-14-10)5-6-15(4,11-2)12-3/h9-10H,5-8H2,1-4H3. The van der Waals surface area contributed by atoms with Gasteiger partial charge in [0.15, 0.2) is 0 Å². The Morgan fingerprint density at radius 3 is 2.47 bits per heavy atom. The second-order valence-electron chi connectivity index (χ2n) is 4.18. The molecule has 1 heterocycles. The molecule has 0 spiro atoms. The van der Waals surface area contributed by atoms with E-state index in [-0.39, 0.29) is 6.10 Å². The van der Waals surface area contributed by atoms with Gasteiger partial charge in [-0.15, -0.1) is 0 Å². The summed E-state index contributed by atoms with van der Waals surface area (Å²) < 4.78 is 21.5. The first-order valence-electron chi connectivity index (χ1n) is 5.43. The zero-order valence-corrected chi connectivity index (χ0v) is 11.1. The summed E-state index contributed by atoms with van der Waals surface area (Å²) in [6.45, 7) is 5.74. The van der Waals surface area contributed by atoms with E-state index in [0.29, 0.717) is 6.10 Å². The molecule has 5 heteroatoms. The maximum atomic E-state index is 5.64. The van der Waals surface area contributed by atoms with Crippen molar-refractivity contribution in [3.8, 4) is 0 Å². The Hall–Kier alpha value is 0.0569. The van der Waals surface area contributed by atoms with Crippen LogP contribution in [0.25, 0.3) is 0 Å². The van der Waals surface area contributed by atoms with Gasteiger partial charge in [0.1, 0.15) is 6.10 Å². The lowest BCUT2D eigenvalue weighted by Gasteiger charge is -2.24. The molecule has 1 aliphatic heterocycles. The largest absolute Gasteiger partial charge is 0.398 e. The van der Waals surface area contributed by atoms with E-state index < -0.39 is 8.56 Å². The quantitative estimate of drug-likeness (QED) is 0.472. The minimum absolute atomic E-state index is 0.256. The van der Waals surface area contributed by atoms with E-state index in [0.717, 1.165) is 25.7 Å². The van der Waals surface area contributed by atoms with Crippen molar-refractivity contribution in [1.29, 1.82) is 0 Å². The Bertz CT molecular complexity index is 180. The van der Waals surface area contributed by atoms with Crippen molar-refractivity contribution in [3.05, 3.63) is 0 Å². The molecule has 1 fully saturated rings. The average molecular weight is 234 g/mol. The normalized spacial score (nSPS) is 22.8. The van der Waals surface area contributed by atoms with Crippen LogP contribution in [0.1, 0.15) is 13.3 Å². The van der Waals surface area contributed by atoms with E-state index in [1.54, 1.807) is 14.2 Å². The summed E-state index contributed by atoms with van der Waals surface area (Å²) in [5, 5.41) is 0. The zero-order chi connectivity index (χ0) is 11.3. The molecule has 90 valence electrons. The van der Waals surface area contributed by atoms with E-state index >= 15 is 0 Å². The molecule has 0 aromatic carbocycles. The Morgan fingerprint density at radius 1 is 1.40 bits per heavy atom. The predicted molar refractivity (Wildman–Crippen MR) is 60.2 cm³/mol. The molecule has 4 nitrogen and oxygen atoms in total. The van der Waals surface area contributed by atoms with Crippen LogP contribution in [0.4, 0.5) is 0 Å². The maximum absolute atomic E-state index is 5.64. The summed E-state index contributed by atoms with van der Waals surface area (Å²) in [6.07, 6.45) is 1.59. The molecule has 0 amide bonds. The summed E-state index contributed by atoms with van der Waals surface area (Å²) in [7, 11) is 1.53. The van der Waals surface area contributed by atoms with Gasteiger partial charge in [0.25, 0.3) is 0 Å². The molecule has 15 heavy (non-hydrogen) atoms. The Labute approximate surface area is 93.1 Å². The van der Waals surface area contributed by atoms with Gasteiger partial charge >= 0.3 is 8.56 Å². The topological polar surface area (TPSA) is 40.2 Å². The van der Waals surface area contributed by atoms with Crippen LogP contribution in [0.5, 0.6) is 0 Å². The zero-order valence-electron chi connectivity index (χ0n) is 10.1. The van der Waals surface area contributed by atoms with Gasteiger partial charge in [0.05, 0.1) is 19.3 Å². The van der Waals surface area contributed by atoms with Gasteiger partial charge in [-0.25, -0.2) is 0 Å². The highest BCUT2D eigenvalue weighted by atomic mass is 28.4. The Morgan fingerprint density at radius 2 is 2.00 bits per heavy atom. The number of rotatable bonds is 8. The van der Waals surface area contributed by atoms with E-state index in [1.807, 2.05) is 0 Å². The van der Waals surface area contributed by atoms with Gasteiger partial charge in [-0.05, 0) is 25.9 Å². The average Bonchev–Trinajstić information content (AvgIpc) is 3.07. The monoisotopic (exact) mass is 234 g/mol. The fraction of sp³-hybridized carbons (Fsp3) is 1.00. The first-order chi connectivity index (χ1) is 7.09. The van der Waals surface area contributed by atoms with Gasteiger partial charge in [0.2, 0.25) is 0 Å². The first-order valence-corrected chi connectivity index (χ1v) is 7.95. The number of hydrogen-bond donors (Lipinski definition) is 0. The van der Waals surface area contributed by atoms with Crippen molar-refractivity contribution in [2.24, 2.45) is 0 Å². The molecule has 0 radical (unpaired) electrons. The van der Waals surface area contributed by atoms with E-state index in [1.165, 1.54) is 0 Å². The lowest BCUT2D eigenvalue weighted by atomic mass is 10.3. The van der Waals surface area contributed by atoms with Gasteiger partial charge in [-0.1, -0.05) is 0 Å². The van der Waals surface area contributed by atoms with Crippen molar-refractivity contribution in [3.63, 3.8) is 0 Å². The number of ether oxygens (including phenoxy) is 2. The molecule has 0 aromatic rings. The molecule has 0 N–H and O–H groups in total. The van der Waals surface area contributed by atoms with Crippen LogP contribution in [0.15, 0.2) is 0 Å². The van der Waals surface area contributed by atoms with Crippen molar-refractivity contribution in [2.45, 2.75) is 38.1 Å². The minimum Gasteiger partial charge on any atom is -0.398 e. The molecule has 0 aromatic heterocycles. The molecule has 1 saturated heterocycles. The second-order valence-corrected chi connectivity index (χ2v) is 7.76. The van der Waals surface area contributed by atoms with Crippen LogP contribution in [-0.4, -0.2) is 48.2 Å². The summed E-state index contributed by atoms with van der Waals surface area (Å²) in [5.74, 6) is 0. The fourth-order valence-electron chi connectivity index (χ4n) is 1.27. The van der Waals surface area contributed by atoms with Crippen LogP contribution >= 0.6 is 0 Å². The molecule has 0 bridgehead atoms. The Kier molecular flexibility index (Phi) is 5.21. The summed E-state index contributed by atoms with van der Waals surface area (Å²) >= 11 is 0. The van der Waals surface area contributed by atoms with Crippen LogP contribution < -0.4 is 0 Å². The van der Waals surface area contributed by atoms with Gasteiger partial charge in [-0.3, -0.25) is 0 Å². The first kappa shape index (κ1) is 13.1. The maximum Gasteiger partial charge on any atom is 0.334 e. The van der Waals surface area contributed by atoms with Crippen LogP contribution in [0.2, 0.25) is 12.6 Å². The number of epoxide rings is 1. The lowest BCUT2D eigenvalue weighted by molar-refractivity contribution is 0.0504. The third-order valence-electron chi connectivity index (χ3n) is 2.84. The van der Waals surface area contributed by atoms with E-state index in [4.69, 9.17) is 18.3 Å². The molecular weight excluding hydrogens is 212 g/mol. The third-order valence-corrected chi connectivity index (χ3v) is 5.76. The van der Waals surface area contributed by atoms with Gasteiger partial charge < -0.3 is 18.3 Å². The summed E-state index contributed by atoms with van der Waals surface area (Å²) in [4.78, 5) is 0. The van der Waals surface area contributed by atoms with Crippen LogP contribution in [0, 0.1) is 0 Å². The predicted octanol–water partition coefficient (Wildman–Crippen LogP) is 1.55. The lowest BCUT2D eigenvalue weighted by Crippen LogP contribution is -2.36. The summed E-state index contributed by atoms with van der Waals surface area (Å²) in [6, 6.07) is 0.965. The molecule has 0 aliphatic carbocycles. The van der Waals surface area contributed by atoms with Crippen molar-refractivity contribution >= 4 is 8.56 Å². The van der Waals surface area contributed by atoms with Crippen molar-refractivity contribution < 1.29 is 18.3 Å². The van der Waals surface area contributed by atoms with Gasteiger partial charge in [-0.2, -0.15) is 0 Å². The highest BCUT2D eigenvalue weighted by Crippen LogP contribution is 2.17.